The van der Waals surface area contributed by atoms with Crippen LogP contribution in [0.25, 0.3) is 0 Å². The highest BCUT2D eigenvalue weighted by Gasteiger charge is 2.83. The largest absolute Gasteiger partial charge is 0.493 e. The maximum Gasteiger partial charge on any atom is 0.331 e. The standard InChI is InChI=1S/C29H36O6/c1-25-12-6-7-20-18-34-28(14-9-19-15-24(32)33-17-19)26(2)11-5-4-8-23(31)35-22(16-26)29(20,25)27(28,3)21(30)10-13-25/h15,18,21-22,30H,4,6-10,12-14,16-17H2,1-3H3. The molecule has 3 fully saturated rings. The molecule has 1 spiro atoms. The Kier molecular flexibility index (Phi) is 4.88. The number of aliphatic hydroxyl groups is 1. The van der Waals surface area contributed by atoms with Gasteiger partial charge in [0.2, 0.25) is 0 Å². The normalized spacial score (nSPS) is 47.8. The fourth-order valence-electron chi connectivity index (χ4n) is 9.51. The van der Waals surface area contributed by atoms with E-state index in [4.69, 9.17) is 14.2 Å². The minimum atomic E-state index is -0.811. The number of carbonyl (C=O) groups excluding carboxylic acids is 2. The first-order valence-electron chi connectivity index (χ1n) is 13.2. The van der Waals surface area contributed by atoms with Crippen molar-refractivity contribution in [2.24, 2.45) is 21.7 Å². The van der Waals surface area contributed by atoms with Gasteiger partial charge in [0.1, 0.15) is 18.3 Å². The zero-order chi connectivity index (χ0) is 24.7. The van der Waals surface area contributed by atoms with Crippen LogP contribution in [0.3, 0.4) is 0 Å². The molecule has 0 aromatic heterocycles. The third kappa shape index (κ3) is 2.66. The van der Waals surface area contributed by atoms with Gasteiger partial charge in [-0.3, -0.25) is 4.79 Å². The average molecular weight is 481 g/mol. The van der Waals surface area contributed by atoms with E-state index in [1.165, 1.54) is 5.57 Å². The topological polar surface area (TPSA) is 82.1 Å². The fourth-order valence-corrected chi connectivity index (χ4v) is 9.51. The molecular formula is C29H36O6. The second-order valence-electron chi connectivity index (χ2n) is 12.3. The van der Waals surface area contributed by atoms with E-state index in [0.29, 0.717) is 38.7 Å². The Labute approximate surface area is 207 Å². The van der Waals surface area contributed by atoms with Gasteiger partial charge in [-0.1, -0.05) is 19.8 Å². The molecule has 4 bridgehead atoms. The predicted octanol–water partition coefficient (Wildman–Crippen LogP) is 4.36. The number of hydrogen-bond acceptors (Lipinski definition) is 6. The number of rotatable bonds is 3. The van der Waals surface area contributed by atoms with Crippen LogP contribution in [0.5, 0.6) is 0 Å². The van der Waals surface area contributed by atoms with Crippen molar-refractivity contribution in [2.45, 2.75) is 103 Å². The van der Waals surface area contributed by atoms with Crippen LogP contribution in [0.4, 0.5) is 0 Å². The summed E-state index contributed by atoms with van der Waals surface area (Å²) in [4.78, 5) is 24.8. The molecule has 0 radical (unpaired) electrons. The summed E-state index contributed by atoms with van der Waals surface area (Å²) in [6.07, 6.45) is 9.67. The van der Waals surface area contributed by atoms with E-state index in [9.17, 15) is 14.7 Å². The van der Waals surface area contributed by atoms with Crippen LogP contribution >= 0.6 is 0 Å². The summed E-state index contributed by atoms with van der Waals surface area (Å²) in [5.74, 6) is 6.34. The molecule has 3 aliphatic carbocycles. The van der Waals surface area contributed by atoms with Crippen LogP contribution in [0.2, 0.25) is 0 Å². The molecule has 0 aromatic rings. The van der Waals surface area contributed by atoms with Gasteiger partial charge >= 0.3 is 11.9 Å². The van der Waals surface area contributed by atoms with Crippen molar-refractivity contribution < 1.29 is 28.9 Å². The second kappa shape index (κ2) is 7.38. The summed E-state index contributed by atoms with van der Waals surface area (Å²) >= 11 is 0. The first-order valence-corrected chi connectivity index (χ1v) is 13.2. The molecule has 6 nitrogen and oxygen atoms in total. The molecule has 7 atom stereocenters. The zero-order valence-electron chi connectivity index (χ0n) is 21.1. The lowest BCUT2D eigenvalue weighted by molar-refractivity contribution is -0.349. The molecule has 3 aliphatic heterocycles. The molecule has 6 heteroatoms. The summed E-state index contributed by atoms with van der Waals surface area (Å²) in [6.45, 7) is 6.98. The van der Waals surface area contributed by atoms with Gasteiger partial charge in [-0.25, -0.2) is 4.79 Å². The Hall–Kier alpha value is -2.26. The van der Waals surface area contributed by atoms with Gasteiger partial charge < -0.3 is 19.3 Å². The number of hydrogen-bond donors (Lipinski definition) is 1. The van der Waals surface area contributed by atoms with Gasteiger partial charge in [0.25, 0.3) is 0 Å². The maximum absolute atomic E-state index is 13.0. The van der Waals surface area contributed by atoms with Crippen molar-refractivity contribution in [3.8, 4) is 11.8 Å². The molecule has 3 saturated carbocycles. The van der Waals surface area contributed by atoms with E-state index in [1.807, 2.05) is 6.26 Å². The summed E-state index contributed by atoms with van der Waals surface area (Å²) in [5.41, 5.74) is -0.692. The van der Waals surface area contributed by atoms with Gasteiger partial charge in [0.05, 0.1) is 24.2 Å². The van der Waals surface area contributed by atoms with E-state index in [-0.39, 0.29) is 29.9 Å². The molecule has 7 unspecified atom stereocenters. The Balaban J connectivity index is 1.61. The number of ether oxygens (including phenoxy) is 3. The Morgan fingerprint density at radius 3 is 2.77 bits per heavy atom. The Morgan fingerprint density at radius 2 is 2.00 bits per heavy atom. The molecule has 0 aromatic carbocycles. The maximum atomic E-state index is 13.0. The number of fused-ring (bicyclic) bond motifs is 3. The van der Waals surface area contributed by atoms with E-state index >= 15 is 0 Å². The van der Waals surface area contributed by atoms with Crippen LogP contribution in [0, 0.1) is 33.5 Å². The highest BCUT2D eigenvalue weighted by molar-refractivity contribution is 5.85. The third-order valence-electron chi connectivity index (χ3n) is 10.9. The minimum Gasteiger partial charge on any atom is -0.493 e. The van der Waals surface area contributed by atoms with Crippen molar-refractivity contribution in [3.63, 3.8) is 0 Å². The van der Waals surface area contributed by atoms with Crippen molar-refractivity contribution in [1.82, 2.24) is 0 Å². The average Bonchev–Trinajstić information content (AvgIpc) is 3.25. The summed E-state index contributed by atoms with van der Waals surface area (Å²) in [6, 6.07) is 0. The lowest BCUT2D eigenvalue weighted by atomic mass is 9.28. The third-order valence-corrected chi connectivity index (χ3v) is 10.9. The van der Waals surface area contributed by atoms with Gasteiger partial charge in [0.15, 0.2) is 0 Å². The van der Waals surface area contributed by atoms with Gasteiger partial charge in [-0.2, -0.15) is 0 Å². The van der Waals surface area contributed by atoms with Crippen molar-refractivity contribution in [3.05, 3.63) is 23.5 Å². The van der Waals surface area contributed by atoms with E-state index in [1.54, 1.807) is 6.08 Å². The summed E-state index contributed by atoms with van der Waals surface area (Å²) in [5, 5.41) is 12.0. The molecule has 6 rings (SSSR count). The molecule has 1 N–H and O–H groups in total. The van der Waals surface area contributed by atoms with Crippen molar-refractivity contribution >= 4 is 11.9 Å². The number of aliphatic hydroxyl groups excluding tert-OH is 1. The van der Waals surface area contributed by atoms with Gasteiger partial charge in [-0.15, -0.1) is 5.92 Å². The van der Waals surface area contributed by atoms with Gasteiger partial charge in [-0.05, 0) is 68.4 Å². The molecular weight excluding hydrogens is 444 g/mol. The lowest BCUT2D eigenvalue weighted by Gasteiger charge is -2.78. The molecule has 0 amide bonds. The van der Waals surface area contributed by atoms with Crippen LogP contribution in [-0.4, -0.2) is 41.5 Å². The highest BCUT2D eigenvalue weighted by Crippen LogP contribution is 2.80. The van der Waals surface area contributed by atoms with E-state index < -0.39 is 27.9 Å². The molecule has 188 valence electrons. The van der Waals surface area contributed by atoms with Crippen molar-refractivity contribution in [2.75, 3.05) is 6.61 Å². The Morgan fingerprint density at radius 1 is 1.17 bits per heavy atom. The monoisotopic (exact) mass is 480 g/mol. The number of esters is 2. The smallest absolute Gasteiger partial charge is 0.331 e. The zero-order valence-corrected chi connectivity index (χ0v) is 21.1. The van der Waals surface area contributed by atoms with Crippen molar-refractivity contribution in [1.29, 1.82) is 0 Å². The minimum absolute atomic E-state index is 0.125. The quantitative estimate of drug-likeness (QED) is 0.478. The lowest BCUT2D eigenvalue weighted by Crippen LogP contribution is -2.82. The van der Waals surface area contributed by atoms with E-state index in [0.717, 1.165) is 31.3 Å². The van der Waals surface area contributed by atoms with Crippen LogP contribution in [0.1, 0.15) is 85.0 Å². The SMILES string of the molecule is CC12C#CCCC(=O)OC(C1)C13C4=COC2(CCC2=CC(=O)OC2)C1(C)C(O)CCC3(C)CCC4. The van der Waals surface area contributed by atoms with Crippen LogP contribution in [-0.2, 0) is 23.8 Å². The fraction of sp³-hybridized carbons (Fsp3) is 0.724. The van der Waals surface area contributed by atoms with Crippen LogP contribution in [0.15, 0.2) is 23.5 Å². The molecule has 0 saturated heterocycles. The van der Waals surface area contributed by atoms with E-state index in [2.05, 4.69) is 32.6 Å². The first kappa shape index (κ1) is 23.2. The molecule has 3 heterocycles. The number of carbonyl (C=O) groups is 2. The molecule has 6 aliphatic rings. The highest BCUT2D eigenvalue weighted by atomic mass is 16.5. The van der Waals surface area contributed by atoms with Crippen LogP contribution < -0.4 is 0 Å². The number of cyclic esters (lactones) is 1. The van der Waals surface area contributed by atoms with Gasteiger partial charge in [0, 0.05) is 29.7 Å². The second-order valence-corrected chi connectivity index (χ2v) is 12.3. The predicted molar refractivity (Wildman–Crippen MR) is 128 cm³/mol. The Bertz CT molecular complexity index is 1110. The molecule has 35 heavy (non-hydrogen) atoms. The summed E-state index contributed by atoms with van der Waals surface area (Å²) in [7, 11) is 0. The first-order chi connectivity index (χ1) is 16.6. The summed E-state index contributed by atoms with van der Waals surface area (Å²) < 4.78 is 18.5.